The zero-order valence-corrected chi connectivity index (χ0v) is 7.84. The van der Waals surface area contributed by atoms with Crippen LogP contribution < -0.4 is 0 Å². The molecule has 0 spiro atoms. The molecule has 1 aliphatic rings. The zero-order chi connectivity index (χ0) is 9.56. The first-order valence-corrected chi connectivity index (χ1v) is 4.25. The van der Waals surface area contributed by atoms with Crippen LogP contribution in [0, 0.1) is 0 Å². The van der Waals surface area contributed by atoms with Crippen molar-refractivity contribution in [3.63, 3.8) is 0 Å². The van der Waals surface area contributed by atoms with Crippen molar-refractivity contribution in [2.75, 3.05) is 13.7 Å². The quantitative estimate of drug-likeness (QED) is 0.640. The molecule has 1 heterocycles. The fourth-order valence-electron chi connectivity index (χ4n) is 1.13. The number of nitrogens with zero attached hydrogens (tertiary/aromatic N) is 1. The van der Waals surface area contributed by atoms with Crippen molar-refractivity contribution < 1.29 is 14.3 Å². The molecule has 0 aromatic carbocycles. The molecule has 0 aromatic rings. The summed E-state index contributed by atoms with van der Waals surface area (Å²) in [5.74, 6) is 0.0713. The molecule has 1 fully saturated rings. The van der Waals surface area contributed by atoms with E-state index >= 15 is 0 Å². The van der Waals surface area contributed by atoms with Crippen molar-refractivity contribution in [3.05, 3.63) is 0 Å². The Kier molecular flexibility index (Phi) is 5.62. The number of amides is 1. The molecule has 72 valence electrons. The summed E-state index contributed by atoms with van der Waals surface area (Å²) < 4.78 is 11.3. The van der Waals surface area contributed by atoms with Crippen molar-refractivity contribution >= 4 is 5.91 Å². The lowest BCUT2D eigenvalue weighted by atomic mass is 10.2. The second kappa shape index (κ2) is 5.94. The molecule has 0 aromatic heterocycles. The lowest BCUT2D eigenvalue weighted by Crippen LogP contribution is -2.31. The van der Waals surface area contributed by atoms with Crippen LogP contribution in [0.3, 0.4) is 0 Å². The van der Waals surface area contributed by atoms with E-state index in [9.17, 15) is 9.32 Å². The second-order valence-corrected chi connectivity index (χ2v) is 2.47. The number of likely N-dealkylation sites (tertiary alicyclic amines) is 1. The van der Waals surface area contributed by atoms with Gasteiger partial charge < -0.3 is 4.90 Å². The van der Waals surface area contributed by atoms with Crippen molar-refractivity contribution in [1.29, 1.82) is 0 Å². The Hall–Kier alpha value is -0.640. The van der Waals surface area contributed by atoms with Gasteiger partial charge >= 0.3 is 0 Å². The van der Waals surface area contributed by atoms with E-state index < -0.39 is 0 Å². The standard InChI is InChI=1S/C6H10FNO2.C2H6/c1-8-5(4-10-7)2-3-6(8)9;1-2/h5H,2-4H2,1H3;1-2H3/t5-;/m0./s1. The summed E-state index contributed by atoms with van der Waals surface area (Å²) in [6.45, 7) is 4.00. The number of hydrogen-bond acceptors (Lipinski definition) is 2. The Morgan fingerprint density at radius 1 is 1.67 bits per heavy atom. The van der Waals surface area contributed by atoms with E-state index in [0.717, 1.165) is 0 Å². The number of rotatable bonds is 2. The third-order valence-electron chi connectivity index (χ3n) is 1.89. The molecule has 12 heavy (non-hydrogen) atoms. The third-order valence-corrected chi connectivity index (χ3v) is 1.89. The molecule has 0 unspecified atom stereocenters. The maximum Gasteiger partial charge on any atom is 0.222 e. The van der Waals surface area contributed by atoms with Gasteiger partial charge in [-0.2, -0.15) is 4.94 Å². The van der Waals surface area contributed by atoms with Gasteiger partial charge in [-0.3, -0.25) is 4.79 Å². The Labute approximate surface area is 72.4 Å². The molecule has 4 heteroatoms. The predicted molar refractivity (Wildman–Crippen MR) is 44.2 cm³/mol. The maximum absolute atomic E-state index is 11.3. The summed E-state index contributed by atoms with van der Waals surface area (Å²) in [5.41, 5.74) is 0. The Balaban J connectivity index is 0.000000561. The number of likely N-dealkylation sites (N-methyl/N-ethyl adjacent to an activating group) is 1. The summed E-state index contributed by atoms with van der Waals surface area (Å²) in [6.07, 6.45) is 1.23. The molecule has 1 aliphatic heterocycles. The van der Waals surface area contributed by atoms with Gasteiger partial charge in [0.1, 0.15) is 6.61 Å². The summed E-state index contributed by atoms with van der Waals surface area (Å²) in [5, 5.41) is 0. The molecular formula is C8H16FNO2. The number of carbonyl (C=O) groups excluding carboxylic acids is 1. The van der Waals surface area contributed by atoms with Gasteiger partial charge in [0.25, 0.3) is 0 Å². The van der Waals surface area contributed by atoms with Crippen molar-refractivity contribution in [3.8, 4) is 0 Å². The largest absolute Gasteiger partial charge is 0.340 e. The zero-order valence-electron chi connectivity index (χ0n) is 7.84. The first-order valence-electron chi connectivity index (χ1n) is 4.25. The van der Waals surface area contributed by atoms with Gasteiger partial charge in [0.05, 0.1) is 6.04 Å². The minimum atomic E-state index is -0.0579. The molecule has 1 saturated heterocycles. The van der Waals surface area contributed by atoms with Crippen LogP contribution in [-0.4, -0.2) is 30.5 Å². The monoisotopic (exact) mass is 177 g/mol. The van der Waals surface area contributed by atoms with E-state index in [1.165, 1.54) is 4.90 Å². The third kappa shape index (κ3) is 2.77. The van der Waals surface area contributed by atoms with E-state index in [1.807, 2.05) is 13.8 Å². The van der Waals surface area contributed by atoms with Crippen molar-refractivity contribution in [2.45, 2.75) is 32.7 Å². The highest BCUT2D eigenvalue weighted by Gasteiger charge is 2.27. The lowest BCUT2D eigenvalue weighted by Gasteiger charge is -2.16. The van der Waals surface area contributed by atoms with E-state index in [2.05, 4.69) is 4.94 Å². The Morgan fingerprint density at radius 3 is 2.58 bits per heavy atom. The molecule has 1 rings (SSSR count). The van der Waals surface area contributed by atoms with Gasteiger partial charge in [-0.05, 0) is 10.9 Å². The van der Waals surface area contributed by atoms with E-state index in [1.54, 1.807) is 7.05 Å². The highest BCUT2D eigenvalue weighted by atomic mass is 19.3. The minimum Gasteiger partial charge on any atom is -0.340 e. The fraction of sp³-hybridized carbons (Fsp3) is 0.875. The molecule has 0 N–H and O–H groups in total. The van der Waals surface area contributed by atoms with Crippen molar-refractivity contribution in [1.82, 2.24) is 4.90 Å². The van der Waals surface area contributed by atoms with Crippen LogP contribution in [0.15, 0.2) is 0 Å². The van der Waals surface area contributed by atoms with Gasteiger partial charge in [0.2, 0.25) is 5.91 Å². The van der Waals surface area contributed by atoms with Gasteiger partial charge in [-0.1, -0.05) is 13.8 Å². The van der Waals surface area contributed by atoms with E-state index in [4.69, 9.17) is 0 Å². The van der Waals surface area contributed by atoms with Crippen LogP contribution in [0.25, 0.3) is 0 Å². The molecular weight excluding hydrogens is 161 g/mol. The normalized spacial score (nSPS) is 22.2. The maximum atomic E-state index is 11.3. The van der Waals surface area contributed by atoms with Crippen LogP contribution >= 0.6 is 0 Å². The molecule has 0 aliphatic carbocycles. The first kappa shape index (κ1) is 11.4. The molecule has 1 amide bonds. The molecule has 1 atom stereocenters. The highest BCUT2D eigenvalue weighted by molar-refractivity contribution is 5.78. The van der Waals surface area contributed by atoms with Crippen LogP contribution in [0.4, 0.5) is 4.53 Å². The molecule has 0 saturated carbocycles. The molecule has 3 nitrogen and oxygen atoms in total. The van der Waals surface area contributed by atoms with Crippen LogP contribution in [-0.2, 0) is 9.74 Å². The minimum absolute atomic E-state index is 0.00222. The Morgan fingerprint density at radius 2 is 2.25 bits per heavy atom. The smallest absolute Gasteiger partial charge is 0.222 e. The summed E-state index contributed by atoms with van der Waals surface area (Å²) in [6, 6.07) is -0.0579. The van der Waals surface area contributed by atoms with Crippen molar-refractivity contribution in [2.24, 2.45) is 0 Å². The van der Waals surface area contributed by atoms with Gasteiger partial charge in [0.15, 0.2) is 0 Å². The topological polar surface area (TPSA) is 29.5 Å². The second-order valence-electron chi connectivity index (χ2n) is 2.47. The number of hydrogen-bond donors (Lipinski definition) is 0. The van der Waals surface area contributed by atoms with Gasteiger partial charge in [-0.25, -0.2) is 0 Å². The number of carbonyl (C=O) groups is 1. The van der Waals surface area contributed by atoms with E-state index in [-0.39, 0.29) is 18.6 Å². The highest BCUT2D eigenvalue weighted by Crippen LogP contribution is 2.16. The van der Waals surface area contributed by atoms with Gasteiger partial charge in [0, 0.05) is 13.5 Å². The average molecular weight is 177 g/mol. The summed E-state index contributed by atoms with van der Waals surface area (Å²) >= 11 is 0. The van der Waals surface area contributed by atoms with Crippen LogP contribution in [0.2, 0.25) is 0 Å². The molecule has 0 bridgehead atoms. The lowest BCUT2D eigenvalue weighted by molar-refractivity contribution is -0.150. The Bertz CT molecular complexity index is 141. The fourth-order valence-corrected chi connectivity index (χ4v) is 1.13. The van der Waals surface area contributed by atoms with E-state index in [0.29, 0.717) is 12.8 Å². The predicted octanol–water partition coefficient (Wildman–Crippen LogP) is 1.53. The SMILES string of the molecule is CC.CN1C(=O)CC[C@H]1COF. The van der Waals surface area contributed by atoms with Crippen LogP contribution in [0.5, 0.6) is 0 Å². The average Bonchev–Trinajstić information content (AvgIpc) is 2.41. The van der Waals surface area contributed by atoms with Crippen LogP contribution in [0.1, 0.15) is 26.7 Å². The molecule has 0 radical (unpaired) electrons. The summed E-state index contributed by atoms with van der Waals surface area (Å²) in [4.78, 5) is 15.8. The number of halogens is 1. The van der Waals surface area contributed by atoms with Gasteiger partial charge in [-0.15, -0.1) is 0 Å². The summed E-state index contributed by atoms with van der Waals surface area (Å²) in [7, 11) is 1.67. The first-order chi connectivity index (χ1) is 5.75.